The van der Waals surface area contributed by atoms with Crippen LogP contribution in [0, 0.1) is 0 Å². The summed E-state index contributed by atoms with van der Waals surface area (Å²) in [5.41, 5.74) is 13.7. The molecule has 0 aliphatic rings. The summed E-state index contributed by atoms with van der Waals surface area (Å²) in [5, 5.41) is 9.82. The average molecular weight is 793 g/mol. The molecule has 14 rings (SSSR count). The minimum Gasteiger partial charge on any atom is -0.456 e. The van der Waals surface area contributed by atoms with Crippen molar-refractivity contribution in [2.45, 2.75) is 0 Å². The van der Waals surface area contributed by atoms with Crippen molar-refractivity contribution in [1.29, 1.82) is 0 Å². The van der Waals surface area contributed by atoms with E-state index < -0.39 is 0 Å². The van der Waals surface area contributed by atoms with E-state index in [4.69, 9.17) is 18.8 Å². The Morgan fingerprint density at radius 3 is 1.73 bits per heavy atom. The molecule has 6 heteroatoms. The number of rotatable bonds is 4. The van der Waals surface area contributed by atoms with Crippen molar-refractivity contribution in [3.05, 3.63) is 194 Å². The lowest BCUT2D eigenvalue weighted by Gasteiger charge is -2.13. The Morgan fingerprint density at radius 2 is 0.935 bits per heavy atom. The molecule has 0 bridgehead atoms. The van der Waals surface area contributed by atoms with Crippen LogP contribution in [0.1, 0.15) is 0 Å². The molecule has 0 atom stereocenters. The van der Waals surface area contributed by atoms with Crippen LogP contribution in [0.15, 0.2) is 203 Å². The molecule has 0 saturated carbocycles. The summed E-state index contributed by atoms with van der Waals surface area (Å²) in [6, 6.07) is 68.1. The molecule has 0 aliphatic carbocycles. The second-order valence-corrected chi connectivity index (χ2v) is 16.1. The number of benzene rings is 9. The zero-order chi connectivity index (χ0) is 40.5. The van der Waals surface area contributed by atoms with E-state index in [2.05, 4.69) is 185 Å². The highest BCUT2D eigenvalue weighted by atomic mass is 16.3. The number of hydrogen-bond acceptors (Lipinski definition) is 4. The molecule has 0 radical (unpaired) electrons. The predicted octanol–water partition coefficient (Wildman–Crippen LogP) is 15.0. The Labute approximate surface area is 353 Å². The Kier molecular flexibility index (Phi) is 6.74. The van der Waals surface area contributed by atoms with E-state index >= 15 is 0 Å². The molecule has 14 aromatic rings. The fourth-order valence-corrected chi connectivity index (χ4v) is 10.0. The van der Waals surface area contributed by atoms with E-state index in [1.807, 2.05) is 18.2 Å². The van der Waals surface area contributed by atoms with E-state index in [1.54, 1.807) is 0 Å². The van der Waals surface area contributed by atoms with Crippen LogP contribution in [0.5, 0.6) is 0 Å². The van der Waals surface area contributed by atoms with Crippen LogP contribution in [-0.4, -0.2) is 19.1 Å². The van der Waals surface area contributed by atoms with Crippen LogP contribution in [-0.2, 0) is 0 Å². The van der Waals surface area contributed by atoms with E-state index in [9.17, 15) is 0 Å². The van der Waals surface area contributed by atoms with E-state index in [-0.39, 0.29) is 0 Å². The first kappa shape index (κ1) is 33.4. The number of furan rings is 2. The van der Waals surface area contributed by atoms with Crippen LogP contribution in [0.2, 0.25) is 0 Å². The van der Waals surface area contributed by atoms with Gasteiger partial charge in [-0.3, -0.25) is 4.57 Å². The molecular weight excluding hydrogens is 761 g/mol. The van der Waals surface area contributed by atoms with Crippen LogP contribution >= 0.6 is 0 Å². The average Bonchev–Trinajstić information content (AvgIpc) is 4.09. The van der Waals surface area contributed by atoms with Gasteiger partial charge in [0.25, 0.3) is 0 Å². The summed E-state index contributed by atoms with van der Waals surface area (Å²) in [6.07, 6.45) is 0. The van der Waals surface area contributed by atoms with Gasteiger partial charge in [-0.15, -0.1) is 0 Å². The number of fused-ring (bicyclic) bond motifs is 16. The molecule has 0 spiro atoms. The smallest absolute Gasteiger partial charge is 0.235 e. The standard InChI is InChI=1S/C56H32N4O2/c1-2-14-36(15-3-1)59-44-22-10-6-19-40(44)51-53-49(50-41-20-8-13-25-47(41)62-55(50)54(51)59)39-18-5-11-23-45(39)60(53)56-57-43-21-9-4-17-38(43)52(58-56)34-28-26-33(27-29-34)35-30-31-48-42(32-35)37-16-7-12-24-46(37)61-48/h1-32H. The molecule has 288 valence electrons. The second-order valence-electron chi connectivity index (χ2n) is 16.1. The van der Waals surface area contributed by atoms with Crippen LogP contribution in [0.3, 0.4) is 0 Å². The number of aromatic nitrogens is 4. The molecule has 62 heavy (non-hydrogen) atoms. The summed E-state index contributed by atoms with van der Waals surface area (Å²) in [6.45, 7) is 0. The zero-order valence-electron chi connectivity index (χ0n) is 33.1. The third-order valence-corrected chi connectivity index (χ3v) is 12.7. The van der Waals surface area contributed by atoms with Crippen molar-refractivity contribution in [3.8, 4) is 34.0 Å². The highest BCUT2D eigenvalue weighted by molar-refractivity contribution is 6.39. The van der Waals surface area contributed by atoms with Crippen molar-refractivity contribution >= 4 is 98.4 Å². The van der Waals surface area contributed by atoms with Gasteiger partial charge in [0.05, 0.1) is 33.3 Å². The minimum absolute atomic E-state index is 0.608. The molecular formula is C56H32N4O2. The Morgan fingerprint density at radius 1 is 0.355 bits per heavy atom. The molecule has 0 unspecified atom stereocenters. The molecule has 0 aliphatic heterocycles. The topological polar surface area (TPSA) is 61.9 Å². The summed E-state index contributed by atoms with van der Waals surface area (Å²) in [7, 11) is 0. The summed E-state index contributed by atoms with van der Waals surface area (Å²) in [5.74, 6) is 0.608. The maximum atomic E-state index is 6.98. The number of hydrogen-bond donors (Lipinski definition) is 0. The molecule has 5 aromatic heterocycles. The van der Waals surface area contributed by atoms with Crippen molar-refractivity contribution in [2.75, 3.05) is 0 Å². The molecule has 0 fully saturated rings. The first-order valence-electron chi connectivity index (χ1n) is 20.9. The molecule has 6 nitrogen and oxygen atoms in total. The Balaban J connectivity index is 1.07. The molecule has 0 saturated heterocycles. The monoisotopic (exact) mass is 792 g/mol. The lowest BCUT2D eigenvalue weighted by atomic mass is 9.99. The van der Waals surface area contributed by atoms with E-state index in [0.717, 1.165) is 126 Å². The Bertz CT molecular complexity index is 4150. The number of nitrogens with zero attached hydrogens (tertiary/aromatic N) is 4. The molecule has 5 heterocycles. The molecule has 0 amide bonds. The minimum atomic E-state index is 0.608. The van der Waals surface area contributed by atoms with Gasteiger partial charge in [0, 0.05) is 59.7 Å². The second kappa shape index (κ2) is 12.5. The van der Waals surface area contributed by atoms with Crippen LogP contribution in [0.4, 0.5) is 0 Å². The fraction of sp³-hybridized carbons (Fsp3) is 0. The van der Waals surface area contributed by atoms with Crippen LogP contribution in [0.25, 0.3) is 132 Å². The highest BCUT2D eigenvalue weighted by Gasteiger charge is 2.28. The van der Waals surface area contributed by atoms with E-state index in [1.165, 1.54) is 0 Å². The zero-order valence-corrected chi connectivity index (χ0v) is 33.1. The fourth-order valence-electron chi connectivity index (χ4n) is 10.0. The van der Waals surface area contributed by atoms with Gasteiger partial charge in [-0.2, -0.15) is 0 Å². The van der Waals surface area contributed by atoms with E-state index in [0.29, 0.717) is 5.95 Å². The third-order valence-electron chi connectivity index (χ3n) is 12.7. The van der Waals surface area contributed by atoms with Gasteiger partial charge >= 0.3 is 0 Å². The largest absolute Gasteiger partial charge is 0.456 e. The quantitative estimate of drug-likeness (QED) is 0.178. The molecule has 9 aromatic carbocycles. The van der Waals surface area contributed by atoms with Gasteiger partial charge in [-0.1, -0.05) is 140 Å². The first-order valence-corrected chi connectivity index (χ1v) is 20.9. The number of para-hydroxylation sites is 6. The summed E-state index contributed by atoms with van der Waals surface area (Å²) in [4.78, 5) is 11.0. The highest BCUT2D eigenvalue weighted by Crippen LogP contribution is 2.49. The van der Waals surface area contributed by atoms with Gasteiger partial charge in [-0.05, 0) is 65.7 Å². The molecule has 0 N–H and O–H groups in total. The summed E-state index contributed by atoms with van der Waals surface area (Å²) >= 11 is 0. The van der Waals surface area contributed by atoms with Gasteiger partial charge in [0.2, 0.25) is 5.95 Å². The predicted molar refractivity (Wildman–Crippen MR) is 254 cm³/mol. The SMILES string of the molecule is c1ccc(-n2c3ccccc3c3c2c2oc4ccccc4c2c2c4ccccc4n(-c4nc(-c5ccc(-c6ccc7oc8ccccc8c7c6)cc5)c5ccccc5n4)c23)cc1. The maximum Gasteiger partial charge on any atom is 0.235 e. The van der Waals surface area contributed by atoms with Crippen molar-refractivity contribution in [2.24, 2.45) is 0 Å². The van der Waals surface area contributed by atoms with Gasteiger partial charge in [0.1, 0.15) is 16.7 Å². The lowest BCUT2D eigenvalue weighted by molar-refractivity contribution is 0.669. The Hall–Kier alpha value is -8.48. The first-order chi connectivity index (χ1) is 30.8. The lowest BCUT2D eigenvalue weighted by Crippen LogP contribution is -2.04. The normalized spacial score (nSPS) is 12.2. The van der Waals surface area contributed by atoms with Crippen molar-refractivity contribution < 1.29 is 8.83 Å². The maximum absolute atomic E-state index is 6.98. The summed E-state index contributed by atoms with van der Waals surface area (Å²) < 4.78 is 17.8. The van der Waals surface area contributed by atoms with Crippen molar-refractivity contribution in [3.63, 3.8) is 0 Å². The third kappa shape index (κ3) is 4.58. The van der Waals surface area contributed by atoms with Crippen LogP contribution < -0.4 is 0 Å². The van der Waals surface area contributed by atoms with Crippen molar-refractivity contribution in [1.82, 2.24) is 19.1 Å². The van der Waals surface area contributed by atoms with Gasteiger partial charge < -0.3 is 13.4 Å². The van der Waals surface area contributed by atoms with Gasteiger partial charge in [-0.25, -0.2) is 9.97 Å². The van der Waals surface area contributed by atoms with Gasteiger partial charge in [0.15, 0.2) is 5.58 Å².